The van der Waals surface area contributed by atoms with Crippen molar-refractivity contribution in [2.24, 2.45) is 0 Å². The maximum Gasteiger partial charge on any atom is 0.217 e. The Hall–Kier alpha value is -0.690. The van der Waals surface area contributed by atoms with Crippen LogP contribution < -0.4 is 5.32 Å². The minimum atomic E-state index is -1.21. The van der Waals surface area contributed by atoms with Crippen LogP contribution in [0, 0.1) is 6.61 Å². The average molecular weight is 204 g/mol. The minimum absolute atomic E-state index is 0.330. The van der Waals surface area contributed by atoms with Crippen molar-refractivity contribution < 1.29 is 24.9 Å². The van der Waals surface area contributed by atoms with Gasteiger partial charge in [-0.2, -0.15) is 0 Å². The van der Waals surface area contributed by atoms with E-state index in [-0.39, 0.29) is 12.5 Å². The Labute approximate surface area is 81.5 Å². The molecule has 0 aromatic rings. The van der Waals surface area contributed by atoms with Gasteiger partial charge in [0.05, 0.1) is 12.6 Å². The molecule has 0 aromatic heterocycles. The van der Waals surface area contributed by atoms with E-state index < -0.39 is 24.4 Å². The highest BCUT2D eigenvalue weighted by Gasteiger charge is 2.38. The highest BCUT2D eigenvalue weighted by atomic mass is 16.5. The van der Waals surface area contributed by atoms with Gasteiger partial charge in [0, 0.05) is 6.92 Å². The van der Waals surface area contributed by atoms with E-state index in [4.69, 9.17) is 9.84 Å². The lowest BCUT2D eigenvalue weighted by Gasteiger charge is -2.36. The van der Waals surface area contributed by atoms with Gasteiger partial charge in [-0.1, -0.05) is 0 Å². The first-order valence-corrected chi connectivity index (χ1v) is 4.29. The van der Waals surface area contributed by atoms with Crippen LogP contribution in [0.15, 0.2) is 0 Å². The zero-order valence-electron chi connectivity index (χ0n) is 7.75. The van der Waals surface area contributed by atoms with Crippen LogP contribution >= 0.6 is 0 Å². The number of carbonyl (C=O) groups excluding carboxylic acids is 1. The Kier molecular flexibility index (Phi) is 3.82. The number of carbonyl (C=O) groups is 1. The molecular formula is C8H14NO5. The number of rotatable bonds is 2. The van der Waals surface area contributed by atoms with Crippen LogP contribution in [-0.4, -0.2) is 52.2 Å². The molecule has 0 bridgehead atoms. The Morgan fingerprint density at radius 2 is 2.14 bits per heavy atom. The van der Waals surface area contributed by atoms with Crippen LogP contribution in [0.2, 0.25) is 0 Å². The predicted octanol–water partition coefficient (Wildman–Crippen LogP) is -2.23. The minimum Gasteiger partial charge on any atom is -0.394 e. The molecule has 1 amide bonds. The van der Waals surface area contributed by atoms with Gasteiger partial charge in [0.2, 0.25) is 5.91 Å². The number of amides is 1. The largest absolute Gasteiger partial charge is 0.394 e. The second-order valence-electron chi connectivity index (χ2n) is 3.20. The molecule has 4 unspecified atom stereocenters. The quantitative estimate of drug-likeness (QED) is 0.408. The molecular weight excluding hydrogens is 190 g/mol. The lowest BCUT2D eigenvalue weighted by molar-refractivity contribution is -0.144. The summed E-state index contributed by atoms with van der Waals surface area (Å²) in [6.07, 6.45) is -3.21. The first kappa shape index (κ1) is 11.4. The highest BCUT2D eigenvalue weighted by molar-refractivity contribution is 5.73. The summed E-state index contributed by atoms with van der Waals surface area (Å²) < 4.78 is 4.92. The van der Waals surface area contributed by atoms with E-state index in [0.29, 0.717) is 0 Å². The maximum absolute atomic E-state index is 10.7. The molecule has 1 fully saturated rings. The molecule has 1 saturated heterocycles. The van der Waals surface area contributed by atoms with E-state index in [1.807, 2.05) is 0 Å². The molecule has 1 radical (unpaired) electrons. The molecule has 1 aliphatic heterocycles. The first-order valence-electron chi connectivity index (χ1n) is 4.29. The smallest absolute Gasteiger partial charge is 0.217 e. The highest BCUT2D eigenvalue weighted by Crippen LogP contribution is 2.17. The van der Waals surface area contributed by atoms with Gasteiger partial charge in [0.1, 0.15) is 24.9 Å². The van der Waals surface area contributed by atoms with Gasteiger partial charge in [0.25, 0.3) is 0 Å². The Balaban J connectivity index is 2.54. The predicted molar refractivity (Wildman–Crippen MR) is 45.9 cm³/mol. The third-order valence-electron chi connectivity index (χ3n) is 2.05. The van der Waals surface area contributed by atoms with Gasteiger partial charge in [-0.05, 0) is 0 Å². The molecule has 81 valence electrons. The second-order valence-corrected chi connectivity index (χ2v) is 3.20. The van der Waals surface area contributed by atoms with Crippen LogP contribution in [0.4, 0.5) is 0 Å². The van der Waals surface area contributed by atoms with E-state index in [1.54, 1.807) is 0 Å². The fourth-order valence-corrected chi connectivity index (χ4v) is 1.28. The van der Waals surface area contributed by atoms with E-state index in [0.717, 1.165) is 0 Å². The summed E-state index contributed by atoms with van der Waals surface area (Å²) in [6.45, 7) is 2.12. The van der Waals surface area contributed by atoms with Gasteiger partial charge in [0.15, 0.2) is 0 Å². The summed E-state index contributed by atoms with van der Waals surface area (Å²) in [6, 6.07) is -0.745. The summed E-state index contributed by atoms with van der Waals surface area (Å²) >= 11 is 0. The number of aliphatic hydroxyl groups excluding tert-OH is 3. The van der Waals surface area contributed by atoms with Crippen LogP contribution in [0.5, 0.6) is 0 Å². The fourth-order valence-electron chi connectivity index (χ4n) is 1.28. The zero-order chi connectivity index (χ0) is 10.7. The van der Waals surface area contributed by atoms with E-state index in [1.165, 1.54) is 13.5 Å². The molecule has 1 heterocycles. The van der Waals surface area contributed by atoms with Crippen LogP contribution in [0.25, 0.3) is 0 Å². The third-order valence-corrected chi connectivity index (χ3v) is 2.05. The zero-order valence-corrected chi connectivity index (χ0v) is 7.75. The topological polar surface area (TPSA) is 99.0 Å². The number of aliphatic hydroxyl groups is 3. The number of hydrogen-bond donors (Lipinski definition) is 4. The van der Waals surface area contributed by atoms with E-state index in [2.05, 4.69) is 5.32 Å². The van der Waals surface area contributed by atoms with Crippen molar-refractivity contribution >= 4 is 5.91 Å². The summed E-state index contributed by atoms with van der Waals surface area (Å²) in [5.74, 6) is -0.330. The number of nitrogens with one attached hydrogen (secondary N) is 1. The Morgan fingerprint density at radius 3 is 2.64 bits per heavy atom. The van der Waals surface area contributed by atoms with Gasteiger partial charge in [-0.15, -0.1) is 0 Å². The number of ether oxygens (including phenoxy) is 1. The SMILES string of the molecule is CC(=O)NC1[CH]OC(CO)C(O)C1O. The summed E-state index contributed by atoms with van der Waals surface area (Å²) in [5, 5.41) is 30.1. The molecule has 4 atom stereocenters. The molecule has 0 spiro atoms. The van der Waals surface area contributed by atoms with Crippen molar-refractivity contribution in [3.8, 4) is 0 Å². The maximum atomic E-state index is 10.7. The molecule has 1 rings (SSSR count). The average Bonchev–Trinajstić information content (AvgIpc) is 2.13. The Bertz CT molecular complexity index is 210. The van der Waals surface area contributed by atoms with Crippen molar-refractivity contribution in [2.45, 2.75) is 31.3 Å². The summed E-state index contributed by atoms with van der Waals surface area (Å²) in [7, 11) is 0. The van der Waals surface area contributed by atoms with Gasteiger partial charge in [-0.3, -0.25) is 4.79 Å². The molecule has 0 aliphatic carbocycles. The molecule has 0 aromatic carbocycles. The third kappa shape index (κ3) is 2.42. The van der Waals surface area contributed by atoms with Crippen molar-refractivity contribution in [3.63, 3.8) is 0 Å². The summed E-state index contributed by atoms with van der Waals surface area (Å²) in [5.41, 5.74) is 0. The molecule has 4 N–H and O–H groups in total. The lowest BCUT2D eigenvalue weighted by Crippen LogP contribution is -2.57. The van der Waals surface area contributed by atoms with Gasteiger partial charge in [-0.25, -0.2) is 0 Å². The van der Waals surface area contributed by atoms with Crippen molar-refractivity contribution in [3.05, 3.63) is 6.61 Å². The van der Waals surface area contributed by atoms with Crippen LogP contribution in [-0.2, 0) is 9.53 Å². The molecule has 0 saturated carbocycles. The molecule has 1 aliphatic rings. The Morgan fingerprint density at radius 1 is 1.50 bits per heavy atom. The van der Waals surface area contributed by atoms with E-state index >= 15 is 0 Å². The normalized spacial score (nSPS) is 38.0. The van der Waals surface area contributed by atoms with Crippen LogP contribution in [0.1, 0.15) is 6.92 Å². The first-order chi connectivity index (χ1) is 6.56. The molecule has 14 heavy (non-hydrogen) atoms. The molecule has 6 heteroatoms. The fraction of sp³-hybridized carbons (Fsp3) is 0.750. The van der Waals surface area contributed by atoms with Gasteiger partial charge < -0.3 is 25.4 Å². The standard InChI is InChI=1S/C8H14NO5/c1-4(11)9-5-3-14-6(2-10)8(13)7(5)12/h3,5-8,10,12-13H,2H2,1H3,(H,9,11). The van der Waals surface area contributed by atoms with Crippen molar-refractivity contribution in [1.29, 1.82) is 0 Å². The van der Waals surface area contributed by atoms with Crippen LogP contribution in [0.3, 0.4) is 0 Å². The van der Waals surface area contributed by atoms with Gasteiger partial charge >= 0.3 is 0 Å². The monoisotopic (exact) mass is 204 g/mol. The summed E-state index contributed by atoms with van der Waals surface area (Å²) in [4.78, 5) is 10.7. The number of hydrogen-bond acceptors (Lipinski definition) is 5. The second kappa shape index (κ2) is 4.70. The lowest BCUT2D eigenvalue weighted by atomic mass is 9.98. The van der Waals surface area contributed by atoms with Crippen molar-refractivity contribution in [1.82, 2.24) is 5.32 Å². The molecule has 6 nitrogen and oxygen atoms in total. The van der Waals surface area contributed by atoms with Crippen molar-refractivity contribution in [2.75, 3.05) is 6.61 Å². The van der Waals surface area contributed by atoms with E-state index in [9.17, 15) is 15.0 Å².